The van der Waals surface area contributed by atoms with Crippen LogP contribution in [0.3, 0.4) is 0 Å². The number of nitro benzene ring substituents is 1. The van der Waals surface area contributed by atoms with Crippen LogP contribution in [0.5, 0.6) is 0 Å². The van der Waals surface area contributed by atoms with Gasteiger partial charge in [-0.05, 0) is 35.7 Å². The molecule has 0 radical (unpaired) electrons. The maximum atomic E-state index is 13.6. The molecule has 3 atom stereocenters. The third kappa shape index (κ3) is 10.2. The summed E-state index contributed by atoms with van der Waals surface area (Å²) >= 11 is 0. The number of hydrogen-bond donors (Lipinski definition) is 4. The van der Waals surface area contributed by atoms with Crippen LogP contribution < -0.4 is 16.4 Å². The van der Waals surface area contributed by atoms with E-state index in [2.05, 4.69) is 22.5 Å². The number of H-pyrrole nitrogens is 1. The lowest BCUT2D eigenvalue weighted by Gasteiger charge is -2.23. The molecule has 1 aromatic heterocycles. The number of carbonyl (C=O) groups is 4. The SMILES string of the molecule is CCCCCCCC(C)C(=O)N[C@@H](Cc1c[nH]c2ccccc12)C(=O)N[C@@H](CC(N)=O)C(=O)OCc1ccc([N+](=O)[O-])cc1. The van der Waals surface area contributed by atoms with E-state index in [0.717, 1.165) is 48.6 Å². The van der Waals surface area contributed by atoms with Crippen molar-refractivity contribution in [3.05, 3.63) is 76.0 Å². The minimum atomic E-state index is -1.41. The van der Waals surface area contributed by atoms with E-state index >= 15 is 0 Å². The molecular formula is C32H41N5O7. The maximum Gasteiger partial charge on any atom is 0.329 e. The molecule has 0 saturated heterocycles. The van der Waals surface area contributed by atoms with E-state index in [4.69, 9.17) is 10.5 Å². The molecule has 0 aliphatic carbocycles. The summed E-state index contributed by atoms with van der Waals surface area (Å²) < 4.78 is 5.30. The van der Waals surface area contributed by atoms with Gasteiger partial charge in [-0.3, -0.25) is 24.5 Å². The topological polar surface area (TPSA) is 187 Å². The lowest BCUT2D eigenvalue weighted by atomic mass is 9.99. The minimum Gasteiger partial charge on any atom is -0.459 e. The van der Waals surface area contributed by atoms with Crippen molar-refractivity contribution in [2.75, 3.05) is 0 Å². The second-order valence-corrected chi connectivity index (χ2v) is 11.0. The lowest BCUT2D eigenvalue weighted by Crippen LogP contribution is -2.54. The molecule has 3 amide bonds. The van der Waals surface area contributed by atoms with Crippen LogP contribution in [-0.4, -0.2) is 45.7 Å². The summed E-state index contributed by atoms with van der Waals surface area (Å²) in [4.78, 5) is 65.1. The number of primary amides is 1. The van der Waals surface area contributed by atoms with Crippen molar-refractivity contribution >= 4 is 40.3 Å². The highest BCUT2D eigenvalue weighted by atomic mass is 16.6. The molecule has 2 aromatic carbocycles. The number of hydrogen-bond acceptors (Lipinski definition) is 7. The van der Waals surface area contributed by atoms with Crippen LogP contribution in [0.15, 0.2) is 54.7 Å². The molecule has 0 bridgehead atoms. The molecule has 0 aliphatic rings. The van der Waals surface area contributed by atoms with Crippen LogP contribution in [0.25, 0.3) is 10.9 Å². The molecule has 0 spiro atoms. The number of unbranched alkanes of at least 4 members (excludes halogenated alkanes) is 4. The van der Waals surface area contributed by atoms with Gasteiger partial charge in [0.15, 0.2) is 0 Å². The first-order valence-corrected chi connectivity index (χ1v) is 14.9. The second kappa shape index (κ2) is 16.8. The van der Waals surface area contributed by atoms with Crippen LogP contribution >= 0.6 is 0 Å². The highest BCUT2D eigenvalue weighted by Gasteiger charge is 2.30. The summed E-state index contributed by atoms with van der Waals surface area (Å²) in [7, 11) is 0. The number of esters is 1. The average Bonchev–Trinajstić information content (AvgIpc) is 3.41. The molecule has 3 rings (SSSR count). The number of non-ortho nitro benzene ring substituents is 1. The maximum absolute atomic E-state index is 13.6. The Morgan fingerprint density at radius 1 is 0.955 bits per heavy atom. The van der Waals surface area contributed by atoms with E-state index in [-0.39, 0.29) is 30.5 Å². The number of carbonyl (C=O) groups excluding carboxylic acids is 4. The highest BCUT2D eigenvalue weighted by molar-refractivity contribution is 5.94. The van der Waals surface area contributed by atoms with Gasteiger partial charge in [-0.2, -0.15) is 0 Å². The summed E-state index contributed by atoms with van der Waals surface area (Å²) in [6.07, 6.45) is 7.37. The monoisotopic (exact) mass is 607 g/mol. The first kappa shape index (κ1) is 33.8. The van der Waals surface area contributed by atoms with E-state index in [1.165, 1.54) is 24.3 Å². The fraction of sp³-hybridized carbons (Fsp3) is 0.438. The number of nitrogens with one attached hydrogen (secondary N) is 3. The first-order chi connectivity index (χ1) is 21.1. The van der Waals surface area contributed by atoms with E-state index in [1.807, 2.05) is 31.2 Å². The zero-order valence-corrected chi connectivity index (χ0v) is 25.2. The average molecular weight is 608 g/mol. The largest absolute Gasteiger partial charge is 0.459 e. The summed E-state index contributed by atoms with van der Waals surface area (Å²) in [5.74, 6) is -3.03. The van der Waals surface area contributed by atoms with Crippen molar-refractivity contribution in [3.8, 4) is 0 Å². The van der Waals surface area contributed by atoms with Crippen molar-refractivity contribution in [2.24, 2.45) is 11.7 Å². The molecule has 1 heterocycles. The third-order valence-electron chi connectivity index (χ3n) is 7.45. The Hall–Kier alpha value is -4.74. The van der Waals surface area contributed by atoms with Crippen molar-refractivity contribution in [1.82, 2.24) is 15.6 Å². The molecule has 44 heavy (non-hydrogen) atoms. The zero-order valence-electron chi connectivity index (χ0n) is 25.2. The molecule has 0 fully saturated rings. The van der Waals surface area contributed by atoms with Crippen LogP contribution in [0.4, 0.5) is 5.69 Å². The molecule has 3 aromatic rings. The summed E-state index contributed by atoms with van der Waals surface area (Å²) in [5, 5.41) is 17.2. The van der Waals surface area contributed by atoms with E-state index in [9.17, 15) is 29.3 Å². The predicted molar refractivity (Wildman–Crippen MR) is 165 cm³/mol. The Morgan fingerprint density at radius 3 is 2.32 bits per heavy atom. The predicted octanol–water partition coefficient (Wildman–Crippen LogP) is 4.20. The fourth-order valence-electron chi connectivity index (χ4n) is 4.86. The number of aromatic nitrogens is 1. The van der Waals surface area contributed by atoms with Gasteiger partial charge in [-0.25, -0.2) is 4.79 Å². The molecule has 236 valence electrons. The smallest absolute Gasteiger partial charge is 0.329 e. The van der Waals surface area contributed by atoms with Gasteiger partial charge in [0.25, 0.3) is 5.69 Å². The molecular weight excluding hydrogens is 566 g/mol. The zero-order chi connectivity index (χ0) is 32.1. The fourth-order valence-corrected chi connectivity index (χ4v) is 4.86. The first-order valence-electron chi connectivity index (χ1n) is 14.9. The number of benzene rings is 2. The van der Waals surface area contributed by atoms with E-state index in [1.54, 1.807) is 6.20 Å². The molecule has 12 nitrogen and oxygen atoms in total. The molecule has 0 aliphatic heterocycles. The number of amides is 3. The Kier molecular flexibility index (Phi) is 12.9. The lowest BCUT2D eigenvalue weighted by molar-refractivity contribution is -0.384. The van der Waals surface area contributed by atoms with Gasteiger partial charge in [-0.1, -0.05) is 64.2 Å². The molecule has 12 heteroatoms. The van der Waals surface area contributed by atoms with Crippen LogP contribution in [-0.2, 0) is 36.9 Å². The normalized spacial score (nSPS) is 13.0. The highest BCUT2D eigenvalue weighted by Crippen LogP contribution is 2.20. The Labute approximate surface area is 256 Å². The molecule has 1 unspecified atom stereocenters. The van der Waals surface area contributed by atoms with Gasteiger partial charge in [-0.15, -0.1) is 0 Å². The Balaban J connectivity index is 1.73. The van der Waals surface area contributed by atoms with Gasteiger partial charge >= 0.3 is 5.97 Å². The van der Waals surface area contributed by atoms with Crippen molar-refractivity contribution < 1.29 is 28.8 Å². The third-order valence-corrected chi connectivity index (χ3v) is 7.45. The van der Waals surface area contributed by atoms with Crippen LogP contribution in [0.2, 0.25) is 0 Å². The number of ether oxygens (including phenoxy) is 1. The number of nitrogens with zero attached hydrogens (tertiary/aromatic N) is 1. The van der Waals surface area contributed by atoms with Crippen molar-refractivity contribution in [1.29, 1.82) is 0 Å². The second-order valence-electron chi connectivity index (χ2n) is 11.0. The quantitative estimate of drug-likeness (QED) is 0.0722. The van der Waals surface area contributed by atoms with Gasteiger partial charge < -0.3 is 26.1 Å². The van der Waals surface area contributed by atoms with Gasteiger partial charge in [0.2, 0.25) is 17.7 Å². The summed E-state index contributed by atoms with van der Waals surface area (Å²) in [6.45, 7) is 3.72. The number of fused-ring (bicyclic) bond motifs is 1. The minimum absolute atomic E-state index is 0.118. The standard InChI is InChI=1S/C32H41N5O7/c1-3-4-5-6-7-10-21(2)30(39)35-27(17-23-19-34-26-12-9-8-11-25(23)26)31(40)36-28(18-29(33)38)32(41)44-20-22-13-15-24(16-14-22)37(42)43/h8-9,11-16,19,21,27-28,34H,3-7,10,17-18,20H2,1-2H3,(H2,33,38)(H,35,39)(H,36,40)/t21?,27-,28-/m0/s1. The summed E-state index contributed by atoms with van der Waals surface area (Å²) in [5.41, 5.74) is 7.39. The van der Waals surface area contributed by atoms with Crippen LogP contribution in [0, 0.1) is 16.0 Å². The number of aromatic amines is 1. The van der Waals surface area contributed by atoms with E-state index < -0.39 is 41.2 Å². The van der Waals surface area contributed by atoms with Gasteiger partial charge in [0, 0.05) is 41.6 Å². The molecule has 0 saturated carbocycles. The van der Waals surface area contributed by atoms with Crippen LogP contribution in [0.1, 0.15) is 69.9 Å². The van der Waals surface area contributed by atoms with E-state index in [0.29, 0.717) is 12.0 Å². The van der Waals surface area contributed by atoms with Gasteiger partial charge in [0.1, 0.15) is 18.7 Å². The Bertz CT molecular complexity index is 1440. The summed E-state index contributed by atoms with van der Waals surface area (Å²) in [6, 6.07) is 10.5. The Morgan fingerprint density at radius 2 is 1.64 bits per heavy atom. The number of rotatable bonds is 18. The van der Waals surface area contributed by atoms with Crippen molar-refractivity contribution in [2.45, 2.75) is 83.9 Å². The van der Waals surface area contributed by atoms with Gasteiger partial charge in [0.05, 0.1) is 11.3 Å². The number of nitrogens with two attached hydrogens (primary N) is 1. The van der Waals surface area contributed by atoms with Crippen molar-refractivity contribution in [3.63, 3.8) is 0 Å². The number of nitro groups is 1. The number of para-hydroxylation sites is 1. The molecule has 5 N–H and O–H groups in total.